The molecular weight excluding hydrogens is 402 g/mol. The summed E-state index contributed by atoms with van der Waals surface area (Å²) in [6, 6.07) is 14.9. The molecule has 0 aromatic heterocycles. The average molecular weight is 430 g/mol. The molecule has 2 aromatic rings. The minimum Gasteiger partial charge on any atom is -0.497 e. The molecule has 2 amide bonds. The number of aryl methyl sites for hydroxylation is 1. The second-order valence-corrected chi connectivity index (χ2v) is 7.85. The topological polar surface area (TPSA) is 61.9 Å². The van der Waals surface area contributed by atoms with E-state index >= 15 is 0 Å². The Bertz CT molecular complexity index is 840. The Hall–Kier alpha value is -2.57. The predicted octanol–water partition coefficient (Wildman–Crippen LogP) is 3.45. The van der Waals surface area contributed by atoms with Gasteiger partial charge in [-0.05, 0) is 54.8 Å². The molecule has 1 N–H and O–H groups in total. The Morgan fingerprint density at radius 1 is 1.00 bits per heavy atom. The van der Waals surface area contributed by atoms with Crippen LogP contribution in [0.25, 0.3) is 0 Å². The molecule has 3 rings (SSSR count). The Labute approximate surface area is 182 Å². The lowest BCUT2D eigenvalue weighted by molar-refractivity contribution is -0.131. The van der Waals surface area contributed by atoms with Crippen LogP contribution in [0.1, 0.15) is 18.4 Å². The van der Waals surface area contributed by atoms with Gasteiger partial charge in [-0.2, -0.15) is 0 Å². The van der Waals surface area contributed by atoms with Crippen molar-refractivity contribution in [1.29, 1.82) is 0 Å². The van der Waals surface area contributed by atoms with Crippen LogP contribution in [-0.4, -0.2) is 61.4 Å². The number of methoxy groups -OCH3 is 1. The van der Waals surface area contributed by atoms with Gasteiger partial charge in [-0.1, -0.05) is 23.7 Å². The maximum absolute atomic E-state index is 12.6. The van der Waals surface area contributed by atoms with E-state index in [-0.39, 0.29) is 11.8 Å². The number of ether oxygens (including phenoxy) is 1. The Kier molecular flexibility index (Phi) is 8.11. The zero-order chi connectivity index (χ0) is 21.3. The molecule has 1 heterocycles. The second kappa shape index (κ2) is 11.0. The second-order valence-electron chi connectivity index (χ2n) is 7.41. The maximum Gasteiger partial charge on any atom is 0.238 e. The number of nitrogens with one attached hydrogen (secondary N) is 1. The quantitative estimate of drug-likeness (QED) is 0.732. The zero-order valence-corrected chi connectivity index (χ0v) is 18.0. The molecule has 0 radical (unpaired) electrons. The fourth-order valence-corrected chi connectivity index (χ4v) is 3.64. The van der Waals surface area contributed by atoms with Crippen LogP contribution >= 0.6 is 11.6 Å². The molecule has 160 valence electrons. The highest BCUT2D eigenvalue weighted by Gasteiger charge is 2.20. The fraction of sp³-hybridized carbons (Fsp3) is 0.391. The highest BCUT2D eigenvalue weighted by atomic mass is 35.5. The summed E-state index contributed by atoms with van der Waals surface area (Å²) < 4.78 is 5.17. The molecule has 1 aliphatic heterocycles. The average Bonchev–Trinajstić information content (AvgIpc) is 2.99. The Morgan fingerprint density at radius 3 is 2.43 bits per heavy atom. The minimum atomic E-state index is -0.0587. The number of nitrogens with zero attached hydrogens (tertiary/aromatic N) is 2. The molecular formula is C23H28ClN3O3. The first-order valence-electron chi connectivity index (χ1n) is 10.2. The number of carbonyl (C=O) groups excluding carboxylic acids is 2. The van der Waals surface area contributed by atoms with Crippen molar-refractivity contribution < 1.29 is 14.3 Å². The number of anilines is 1. The lowest BCUT2D eigenvalue weighted by Crippen LogP contribution is -2.38. The van der Waals surface area contributed by atoms with Crippen LogP contribution in [0.4, 0.5) is 5.69 Å². The number of benzene rings is 2. The summed E-state index contributed by atoms with van der Waals surface area (Å²) in [5.74, 6) is 0.924. The first-order valence-corrected chi connectivity index (χ1v) is 10.6. The van der Waals surface area contributed by atoms with Gasteiger partial charge < -0.3 is 15.0 Å². The number of rotatable bonds is 7. The third kappa shape index (κ3) is 6.75. The van der Waals surface area contributed by atoms with Gasteiger partial charge in [0.05, 0.1) is 13.7 Å². The monoisotopic (exact) mass is 429 g/mol. The van der Waals surface area contributed by atoms with Crippen molar-refractivity contribution in [2.45, 2.75) is 19.3 Å². The molecule has 7 heteroatoms. The van der Waals surface area contributed by atoms with E-state index in [1.807, 2.05) is 29.2 Å². The molecule has 30 heavy (non-hydrogen) atoms. The van der Waals surface area contributed by atoms with E-state index in [1.165, 1.54) is 0 Å². The molecule has 2 aromatic carbocycles. The fourth-order valence-electron chi connectivity index (χ4n) is 3.52. The summed E-state index contributed by atoms with van der Waals surface area (Å²) >= 11 is 5.87. The van der Waals surface area contributed by atoms with E-state index in [1.54, 1.807) is 31.4 Å². The van der Waals surface area contributed by atoms with E-state index in [2.05, 4.69) is 10.2 Å². The van der Waals surface area contributed by atoms with Gasteiger partial charge in [-0.25, -0.2) is 0 Å². The molecule has 0 spiro atoms. The molecule has 6 nitrogen and oxygen atoms in total. The van der Waals surface area contributed by atoms with Gasteiger partial charge in [-0.15, -0.1) is 0 Å². The number of carbonyl (C=O) groups is 2. The van der Waals surface area contributed by atoms with Crippen LogP contribution in [0, 0.1) is 0 Å². The van der Waals surface area contributed by atoms with Gasteiger partial charge in [-0.3, -0.25) is 14.5 Å². The predicted molar refractivity (Wildman–Crippen MR) is 119 cm³/mol. The van der Waals surface area contributed by atoms with Gasteiger partial charge in [0.2, 0.25) is 11.8 Å². The Morgan fingerprint density at radius 2 is 1.73 bits per heavy atom. The SMILES string of the molecule is COc1ccc(CCC(=O)N2CCCN(CC(=O)Nc3ccc(Cl)cc3)CC2)cc1. The number of hydrogen-bond donors (Lipinski definition) is 1. The van der Waals surface area contributed by atoms with Crippen molar-refractivity contribution in [2.24, 2.45) is 0 Å². The van der Waals surface area contributed by atoms with Crippen molar-refractivity contribution >= 4 is 29.1 Å². The van der Waals surface area contributed by atoms with Crippen LogP contribution in [0.2, 0.25) is 5.02 Å². The van der Waals surface area contributed by atoms with E-state index in [9.17, 15) is 9.59 Å². The van der Waals surface area contributed by atoms with Crippen molar-refractivity contribution in [1.82, 2.24) is 9.80 Å². The third-order valence-electron chi connectivity index (χ3n) is 5.22. The van der Waals surface area contributed by atoms with Crippen LogP contribution in [-0.2, 0) is 16.0 Å². The molecule has 1 aliphatic rings. The molecule has 1 fully saturated rings. The van der Waals surface area contributed by atoms with Gasteiger partial charge in [0.25, 0.3) is 0 Å². The lowest BCUT2D eigenvalue weighted by atomic mass is 10.1. The van der Waals surface area contributed by atoms with E-state index in [0.717, 1.165) is 36.5 Å². The molecule has 1 saturated heterocycles. The zero-order valence-electron chi connectivity index (χ0n) is 17.3. The van der Waals surface area contributed by atoms with Crippen LogP contribution in [0.5, 0.6) is 5.75 Å². The van der Waals surface area contributed by atoms with Crippen molar-refractivity contribution in [3.05, 3.63) is 59.1 Å². The van der Waals surface area contributed by atoms with Crippen LogP contribution in [0.3, 0.4) is 0 Å². The molecule has 0 aliphatic carbocycles. The Balaban J connectivity index is 1.42. The van der Waals surface area contributed by atoms with Crippen molar-refractivity contribution in [3.63, 3.8) is 0 Å². The summed E-state index contributed by atoms with van der Waals surface area (Å²) in [5.41, 5.74) is 1.86. The first kappa shape index (κ1) is 22.1. The first-order chi connectivity index (χ1) is 14.5. The van der Waals surface area contributed by atoms with Crippen LogP contribution < -0.4 is 10.1 Å². The highest BCUT2D eigenvalue weighted by molar-refractivity contribution is 6.30. The largest absolute Gasteiger partial charge is 0.497 e. The van der Waals surface area contributed by atoms with E-state index in [4.69, 9.17) is 16.3 Å². The lowest BCUT2D eigenvalue weighted by Gasteiger charge is -2.22. The summed E-state index contributed by atoms with van der Waals surface area (Å²) in [5, 5.41) is 3.53. The summed E-state index contributed by atoms with van der Waals surface area (Å²) in [6.07, 6.45) is 2.07. The molecule has 0 unspecified atom stereocenters. The summed E-state index contributed by atoms with van der Waals surface area (Å²) in [7, 11) is 1.64. The van der Waals surface area contributed by atoms with Gasteiger partial charge >= 0.3 is 0 Å². The maximum atomic E-state index is 12.6. The normalized spacial score (nSPS) is 14.8. The minimum absolute atomic E-state index is 0.0587. The summed E-state index contributed by atoms with van der Waals surface area (Å²) in [4.78, 5) is 29.0. The molecule has 0 bridgehead atoms. The van der Waals surface area contributed by atoms with E-state index < -0.39 is 0 Å². The summed E-state index contributed by atoms with van der Waals surface area (Å²) in [6.45, 7) is 3.20. The van der Waals surface area contributed by atoms with Gasteiger partial charge in [0.1, 0.15) is 5.75 Å². The number of amides is 2. The van der Waals surface area contributed by atoms with Crippen LogP contribution in [0.15, 0.2) is 48.5 Å². The van der Waals surface area contributed by atoms with Gasteiger partial charge in [0, 0.05) is 43.3 Å². The molecule has 0 atom stereocenters. The standard InChI is InChI=1S/C23H28ClN3O3/c1-30-21-10-3-18(4-11-21)5-12-23(29)27-14-2-13-26(15-16-27)17-22(28)25-20-8-6-19(24)7-9-20/h3-4,6-11H,2,5,12-17H2,1H3,(H,25,28). The molecule has 0 saturated carbocycles. The highest BCUT2D eigenvalue weighted by Crippen LogP contribution is 2.15. The smallest absolute Gasteiger partial charge is 0.238 e. The number of halogens is 1. The van der Waals surface area contributed by atoms with Gasteiger partial charge in [0.15, 0.2) is 0 Å². The van der Waals surface area contributed by atoms with Crippen molar-refractivity contribution in [3.8, 4) is 5.75 Å². The van der Waals surface area contributed by atoms with E-state index in [0.29, 0.717) is 37.5 Å². The third-order valence-corrected chi connectivity index (χ3v) is 5.47. The number of hydrogen-bond acceptors (Lipinski definition) is 4. The van der Waals surface area contributed by atoms with Crippen molar-refractivity contribution in [2.75, 3.05) is 45.2 Å².